The van der Waals surface area contributed by atoms with E-state index in [1.807, 2.05) is 32.9 Å². The van der Waals surface area contributed by atoms with Crippen molar-refractivity contribution >= 4 is 29.9 Å². The molecule has 1 aliphatic heterocycles. The molecule has 178 valence electrons. The second kappa shape index (κ2) is 13.7. The highest BCUT2D eigenvalue weighted by Gasteiger charge is 2.22. The van der Waals surface area contributed by atoms with Crippen LogP contribution < -0.4 is 10.6 Å². The van der Waals surface area contributed by atoms with Gasteiger partial charge in [-0.3, -0.25) is 9.89 Å². The van der Waals surface area contributed by atoms with E-state index in [-0.39, 0.29) is 41.8 Å². The van der Waals surface area contributed by atoms with E-state index in [4.69, 9.17) is 14.3 Å². The van der Waals surface area contributed by atoms with Crippen LogP contribution in [0.2, 0.25) is 0 Å². The molecule has 0 radical (unpaired) electrons. The fourth-order valence-corrected chi connectivity index (χ4v) is 3.42. The number of guanidine groups is 1. The lowest BCUT2D eigenvalue weighted by Gasteiger charge is -2.34. The lowest BCUT2D eigenvalue weighted by atomic mass is 10.0. The molecule has 0 amide bonds. The van der Waals surface area contributed by atoms with Crippen LogP contribution >= 0.6 is 24.0 Å². The van der Waals surface area contributed by atoms with Gasteiger partial charge in [-0.15, -0.1) is 24.0 Å². The summed E-state index contributed by atoms with van der Waals surface area (Å²) in [4.78, 5) is 11.6. The Morgan fingerprint density at radius 2 is 1.91 bits per heavy atom. The van der Waals surface area contributed by atoms with Crippen molar-refractivity contribution in [1.82, 2.24) is 25.7 Å². The summed E-state index contributed by atoms with van der Waals surface area (Å²) in [5.74, 6) is 2.08. The zero-order valence-corrected chi connectivity index (χ0v) is 21.3. The average Bonchev–Trinajstić information content (AvgIpc) is 3.25. The van der Waals surface area contributed by atoms with Crippen molar-refractivity contribution in [1.29, 1.82) is 0 Å². The van der Waals surface area contributed by atoms with Crippen LogP contribution in [0.1, 0.15) is 50.0 Å². The molecule has 1 aliphatic rings. The molecular weight excluding hydrogens is 526 g/mol. The Morgan fingerprint density at radius 1 is 1.19 bits per heavy atom. The minimum atomic E-state index is -0.232. The number of hydrogen-bond acceptors (Lipinski definition) is 6. The predicted octanol–water partition coefficient (Wildman–Crippen LogP) is 3.12. The maximum atomic E-state index is 13.4. The SMILES string of the molecule is CCNC(=NCC(c1ccc(F)cc1)N1CCOCC1)NCCc1nc(C(C)C)no1.I. The molecule has 8 nitrogen and oxygen atoms in total. The number of aromatic nitrogens is 2. The van der Waals surface area contributed by atoms with E-state index < -0.39 is 0 Å². The van der Waals surface area contributed by atoms with E-state index in [1.54, 1.807) is 0 Å². The maximum absolute atomic E-state index is 13.4. The molecule has 10 heteroatoms. The summed E-state index contributed by atoms with van der Waals surface area (Å²) in [6.07, 6.45) is 0.620. The lowest BCUT2D eigenvalue weighted by molar-refractivity contribution is 0.0179. The lowest BCUT2D eigenvalue weighted by Crippen LogP contribution is -2.42. The van der Waals surface area contributed by atoms with Gasteiger partial charge in [-0.05, 0) is 24.6 Å². The summed E-state index contributed by atoms with van der Waals surface area (Å²) in [5, 5.41) is 10.6. The summed E-state index contributed by atoms with van der Waals surface area (Å²) < 4.78 is 24.2. The highest BCUT2D eigenvalue weighted by Crippen LogP contribution is 2.22. The van der Waals surface area contributed by atoms with Gasteiger partial charge < -0.3 is 19.9 Å². The van der Waals surface area contributed by atoms with Crippen molar-refractivity contribution in [2.45, 2.75) is 39.2 Å². The highest BCUT2D eigenvalue weighted by atomic mass is 127. The van der Waals surface area contributed by atoms with Gasteiger partial charge in [-0.1, -0.05) is 31.1 Å². The Balaban J connectivity index is 0.00000363. The van der Waals surface area contributed by atoms with Gasteiger partial charge in [-0.2, -0.15) is 4.98 Å². The molecule has 2 heterocycles. The van der Waals surface area contributed by atoms with E-state index in [2.05, 4.69) is 25.7 Å². The van der Waals surface area contributed by atoms with Crippen molar-refractivity contribution in [2.24, 2.45) is 4.99 Å². The first kappa shape index (κ1) is 26.5. The minimum absolute atomic E-state index is 0. The molecule has 1 unspecified atom stereocenters. The van der Waals surface area contributed by atoms with Crippen molar-refractivity contribution in [2.75, 3.05) is 45.9 Å². The first-order valence-electron chi connectivity index (χ1n) is 11.0. The quantitative estimate of drug-likeness (QED) is 0.277. The number of benzene rings is 1. The van der Waals surface area contributed by atoms with Crippen LogP contribution in [0.3, 0.4) is 0 Å². The highest BCUT2D eigenvalue weighted by molar-refractivity contribution is 14.0. The fraction of sp³-hybridized carbons (Fsp3) is 0.591. The third kappa shape index (κ3) is 7.96. The molecular formula is C22H34FIN6O2. The molecule has 1 atom stereocenters. The number of halogens is 2. The van der Waals surface area contributed by atoms with E-state index >= 15 is 0 Å². The summed E-state index contributed by atoms with van der Waals surface area (Å²) in [6.45, 7) is 11.1. The average molecular weight is 560 g/mol. The van der Waals surface area contributed by atoms with Crippen molar-refractivity contribution in [3.05, 3.63) is 47.4 Å². The van der Waals surface area contributed by atoms with E-state index in [0.717, 1.165) is 37.0 Å². The smallest absolute Gasteiger partial charge is 0.228 e. The van der Waals surface area contributed by atoms with Gasteiger partial charge in [0.05, 0.1) is 25.8 Å². The van der Waals surface area contributed by atoms with Crippen LogP contribution in [0.5, 0.6) is 0 Å². The molecule has 0 bridgehead atoms. The third-order valence-corrected chi connectivity index (χ3v) is 5.14. The molecule has 1 aromatic heterocycles. The second-order valence-corrected chi connectivity index (χ2v) is 7.81. The van der Waals surface area contributed by atoms with Gasteiger partial charge in [0, 0.05) is 38.5 Å². The molecule has 2 aromatic rings. The topological polar surface area (TPSA) is 87.8 Å². The molecule has 32 heavy (non-hydrogen) atoms. The molecule has 2 N–H and O–H groups in total. The first-order chi connectivity index (χ1) is 15.1. The zero-order valence-electron chi connectivity index (χ0n) is 19.0. The van der Waals surface area contributed by atoms with Gasteiger partial charge in [0.1, 0.15) is 5.82 Å². The first-order valence-corrected chi connectivity index (χ1v) is 11.0. The van der Waals surface area contributed by atoms with Crippen LogP contribution in [0.15, 0.2) is 33.8 Å². The summed E-state index contributed by atoms with van der Waals surface area (Å²) in [6, 6.07) is 6.75. The normalized spacial score (nSPS) is 16.0. The molecule has 0 spiro atoms. The van der Waals surface area contributed by atoms with E-state index in [1.165, 1.54) is 12.1 Å². The van der Waals surface area contributed by atoms with Crippen molar-refractivity contribution in [3.63, 3.8) is 0 Å². The summed E-state index contributed by atoms with van der Waals surface area (Å²) in [7, 11) is 0. The Kier molecular flexibility index (Phi) is 11.3. The summed E-state index contributed by atoms with van der Waals surface area (Å²) in [5.41, 5.74) is 1.05. The van der Waals surface area contributed by atoms with Gasteiger partial charge in [0.25, 0.3) is 0 Å². The van der Waals surface area contributed by atoms with Crippen molar-refractivity contribution in [3.8, 4) is 0 Å². The number of nitrogens with one attached hydrogen (secondary N) is 2. The van der Waals surface area contributed by atoms with Crippen LogP contribution in [-0.2, 0) is 11.2 Å². The maximum Gasteiger partial charge on any atom is 0.228 e. The molecule has 1 fully saturated rings. The molecule has 3 rings (SSSR count). The Labute approximate surface area is 206 Å². The zero-order chi connectivity index (χ0) is 22.1. The number of hydrogen-bond donors (Lipinski definition) is 2. The molecule has 1 saturated heterocycles. The Hall–Kier alpha value is -1.79. The number of ether oxygens (including phenoxy) is 1. The van der Waals surface area contributed by atoms with Gasteiger partial charge in [0.15, 0.2) is 11.8 Å². The standard InChI is InChI=1S/C22H33FN6O2.HI/c1-4-24-22(25-10-9-20-27-21(16(2)3)28-31-20)26-15-19(29-11-13-30-14-12-29)17-5-7-18(23)8-6-17;/h5-8,16,19H,4,9-15H2,1-3H3,(H2,24,25,26);1H. The van der Waals surface area contributed by atoms with Gasteiger partial charge in [-0.25, -0.2) is 4.39 Å². The summed E-state index contributed by atoms with van der Waals surface area (Å²) >= 11 is 0. The van der Waals surface area contributed by atoms with Crippen LogP contribution in [-0.4, -0.2) is 66.9 Å². The minimum Gasteiger partial charge on any atom is -0.379 e. The molecule has 1 aromatic carbocycles. The number of morpholine rings is 1. The Morgan fingerprint density at radius 3 is 2.53 bits per heavy atom. The van der Waals surface area contributed by atoms with Crippen LogP contribution in [0.25, 0.3) is 0 Å². The van der Waals surface area contributed by atoms with Crippen molar-refractivity contribution < 1.29 is 13.7 Å². The number of aliphatic imine (C=N–C) groups is 1. The monoisotopic (exact) mass is 560 g/mol. The van der Waals surface area contributed by atoms with Gasteiger partial charge >= 0.3 is 0 Å². The largest absolute Gasteiger partial charge is 0.379 e. The third-order valence-electron chi connectivity index (χ3n) is 5.14. The van der Waals surface area contributed by atoms with E-state index in [0.29, 0.717) is 38.6 Å². The Bertz CT molecular complexity index is 824. The molecule has 0 aliphatic carbocycles. The van der Waals surface area contributed by atoms with Gasteiger partial charge in [0.2, 0.25) is 5.89 Å². The molecule has 0 saturated carbocycles. The second-order valence-electron chi connectivity index (χ2n) is 7.81. The number of nitrogens with zero attached hydrogens (tertiary/aromatic N) is 4. The van der Waals surface area contributed by atoms with Crippen LogP contribution in [0.4, 0.5) is 4.39 Å². The fourth-order valence-electron chi connectivity index (χ4n) is 3.42. The van der Waals surface area contributed by atoms with E-state index in [9.17, 15) is 4.39 Å². The number of rotatable bonds is 9. The predicted molar refractivity (Wildman–Crippen MR) is 133 cm³/mol. The van der Waals surface area contributed by atoms with Crippen LogP contribution in [0, 0.1) is 5.82 Å².